The number of nitrogens with one attached hydrogen (secondary N) is 2. The zero-order valence-corrected chi connectivity index (χ0v) is 11.9. The first kappa shape index (κ1) is 15.2. The van der Waals surface area contributed by atoms with E-state index >= 15 is 0 Å². The first-order chi connectivity index (χ1) is 8.40. The largest absolute Gasteiger partial charge is 0.444 e. The molecule has 5 nitrogen and oxygen atoms in total. The molecule has 1 amide bonds. The number of hydrogen-bond donors (Lipinski definition) is 2. The van der Waals surface area contributed by atoms with Crippen molar-refractivity contribution in [1.82, 2.24) is 10.6 Å². The molecule has 106 valence electrons. The van der Waals surface area contributed by atoms with Crippen molar-refractivity contribution < 1.29 is 14.3 Å². The zero-order valence-electron chi connectivity index (χ0n) is 11.9. The van der Waals surface area contributed by atoms with E-state index in [2.05, 4.69) is 10.6 Å². The minimum absolute atomic E-state index is 0.342. The topological polar surface area (TPSA) is 59.6 Å². The summed E-state index contributed by atoms with van der Waals surface area (Å²) in [6.07, 6.45) is 3.19. The molecule has 0 aromatic rings. The van der Waals surface area contributed by atoms with Gasteiger partial charge in [-0.25, -0.2) is 4.79 Å². The molecule has 0 aliphatic heterocycles. The van der Waals surface area contributed by atoms with Crippen molar-refractivity contribution in [3.05, 3.63) is 0 Å². The summed E-state index contributed by atoms with van der Waals surface area (Å²) < 4.78 is 10.3. The maximum atomic E-state index is 11.3. The molecule has 1 fully saturated rings. The molecule has 5 heteroatoms. The van der Waals surface area contributed by atoms with E-state index in [1.807, 2.05) is 20.8 Å². The third-order valence-corrected chi connectivity index (χ3v) is 2.88. The van der Waals surface area contributed by atoms with Crippen molar-refractivity contribution in [2.75, 3.05) is 20.2 Å². The standard InChI is InChI=1S/C13H26N2O3/c1-13(2,3)18-12(16)15-7-5-6-14-10-8-11(9-10)17-4/h10-11,14H,5-9H2,1-4H3,(H,15,16). The van der Waals surface area contributed by atoms with Crippen LogP contribution in [0, 0.1) is 0 Å². The van der Waals surface area contributed by atoms with E-state index in [-0.39, 0.29) is 6.09 Å². The van der Waals surface area contributed by atoms with Crippen molar-refractivity contribution >= 4 is 6.09 Å². The third-order valence-electron chi connectivity index (χ3n) is 2.88. The predicted octanol–water partition coefficient (Wildman–Crippen LogP) is 1.67. The van der Waals surface area contributed by atoms with Crippen LogP contribution >= 0.6 is 0 Å². The molecule has 0 saturated heterocycles. The maximum absolute atomic E-state index is 11.3. The summed E-state index contributed by atoms with van der Waals surface area (Å²) in [6.45, 7) is 7.13. The first-order valence-electron chi connectivity index (χ1n) is 6.64. The Morgan fingerprint density at radius 1 is 1.28 bits per heavy atom. The van der Waals surface area contributed by atoms with Gasteiger partial charge in [0, 0.05) is 19.7 Å². The average Bonchev–Trinajstić information content (AvgIpc) is 2.17. The van der Waals surface area contributed by atoms with Gasteiger partial charge in [0.05, 0.1) is 6.10 Å². The SMILES string of the molecule is COC1CC(NCCCNC(=O)OC(C)(C)C)C1. The molecule has 2 N–H and O–H groups in total. The summed E-state index contributed by atoms with van der Waals surface area (Å²) in [5.41, 5.74) is -0.427. The Labute approximate surface area is 110 Å². The van der Waals surface area contributed by atoms with Crippen LogP contribution in [0.2, 0.25) is 0 Å². The normalized spacial score (nSPS) is 23.3. The summed E-state index contributed by atoms with van der Waals surface area (Å²) >= 11 is 0. The van der Waals surface area contributed by atoms with Gasteiger partial charge in [-0.1, -0.05) is 0 Å². The van der Waals surface area contributed by atoms with Crippen LogP contribution in [0.5, 0.6) is 0 Å². The predicted molar refractivity (Wildman–Crippen MR) is 70.7 cm³/mol. The molecule has 0 bridgehead atoms. The fourth-order valence-electron chi connectivity index (χ4n) is 1.82. The van der Waals surface area contributed by atoms with Gasteiger partial charge in [0.2, 0.25) is 0 Å². The van der Waals surface area contributed by atoms with Gasteiger partial charge in [-0.15, -0.1) is 0 Å². The monoisotopic (exact) mass is 258 g/mol. The van der Waals surface area contributed by atoms with Gasteiger partial charge < -0.3 is 20.1 Å². The highest BCUT2D eigenvalue weighted by Crippen LogP contribution is 2.22. The zero-order chi connectivity index (χ0) is 13.6. The Kier molecular flexibility index (Phi) is 5.88. The van der Waals surface area contributed by atoms with Gasteiger partial charge in [-0.3, -0.25) is 0 Å². The first-order valence-corrected chi connectivity index (χ1v) is 6.64. The van der Waals surface area contributed by atoms with Gasteiger partial charge in [-0.05, 0) is 46.6 Å². The van der Waals surface area contributed by atoms with E-state index in [0.717, 1.165) is 25.8 Å². The van der Waals surface area contributed by atoms with Crippen molar-refractivity contribution in [2.24, 2.45) is 0 Å². The highest BCUT2D eigenvalue weighted by molar-refractivity contribution is 5.67. The van der Waals surface area contributed by atoms with E-state index in [4.69, 9.17) is 9.47 Å². The Hall–Kier alpha value is -0.810. The Morgan fingerprint density at radius 2 is 1.94 bits per heavy atom. The van der Waals surface area contributed by atoms with Crippen LogP contribution in [-0.2, 0) is 9.47 Å². The summed E-state index contributed by atoms with van der Waals surface area (Å²) in [5.74, 6) is 0. The lowest BCUT2D eigenvalue weighted by atomic mass is 9.89. The second-order valence-corrected chi connectivity index (χ2v) is 5.76. The molecular formula is C13H26N2O3. The van der Waals surface area contributed by atoms with Gasteiger partial charge in [0.1, 0.15) is 5.60 Å². The van der Waals surface area contributed by atoms with Crippen LogP contribution in [0.15, 0.2) is 0 Å². The Bertz CT molecular complexity index is 257. The molecule has 0 aromatic heterocycles. The minimum atomic E-state index is -0.427. The minimum Gasteiger partial charge on any atom is -0.444 e. The molecule has 0 aromatic carbocycles. The number of hydrogen-bond acceptors (Lipinski definition) is 4. The maximum Gasteiger partial charge on any atom is 0.407 e. The van der Waals surface area contributed by atoms with E-state index < -0.39 is 5.60 Å². The van der Waals surface area contributed by atoms with Crippen LogP contribution in [0.4, 0.5) is 4.79 Å². The third kappa shape index (κ3) is 6.21. The molecule has 1 aliphatic carbocycles. The molecular weight excluding hydrogens is 232 g/mol. The summed E-state index contributed by atoms with van der Waals surface area (Å²) in [7, 11) is 1.76. The lowest BCUT2D eigenvalue weighted by Crippen LogP contribution is -2.45. The fraction of sp³-hybridized carbons (Fsp3) is 0.923. The van der Waals surface area contributed by atoms with Gasteiger partial charge >= 0.3 is 6.09 Å². The fourth-order valence-corrected chi connectivity index (χ4v) is 1.82. The van der Waals surface area contributed by atoms with E-state index in [1.165, 1.54) is 0 Å². The number of alkyl carbamates (subject to hydrolysis) is 1. The van der Waals surface area contributed by atoms with E-state index in [0.29, 0.717) is 18.7 Å². The van der Waals surface area contributed by atoms with Gasteiger partial charge in [-0.2, -0.15) is 0 Å². The molecule has 18 heavy (non-hydrogen) atoms. The quantitative estimate of drug-likeness (QED) is 0.712. The van der Waals surface area contributed by atoms with E-state index in [9.17, 15) is 4.79 Å². The van der Waals surface area contributed by atoms with Gasteiger partial charge in [0.25, 0.3) is 0 Å². The Morgan fingerprint density at radius 3 is 2.50 bits per heavy atom. The Balaban J connectivity index is 1.91. The number of ether oxygens (including phenoxy) is 2. The molecule has 0 unspecified atom stereocenters. The molecule has 0 spiro atoms. The number of rotatable bonds is 6. The lowest BCUT2D eigenvalue weighted by molar-refractivity contribution is 0.0175. The molecule has 0 atom stereocenters. The van der Waals surface area contributed by atoms with Crippen LogP contribution in [-0.4, -0.2) is 44.0 Å². The number of carbonyl (C=O) groups is 1. The highest BCUT2D eigenvalue weighted by atomic mass is 16.6. The van der Waals surface area contributed by atoms with Gasteiger partial charge in [0.15, 0.2) is 0 Å². The summed E-state index contributed by atoms with van der Waals surface area (Å²) in [6, 6.07) is 0.580. The van der Waals surface area contributed by atoms with Crippen molar-refractivity contribution in [1.29, 1.82) is 0 Å². The van der Waals surface area contributed by atoms with Crippen LogP contribution in [0.25, 0.3) is 0 Å². The molecule has 0 heterocycles. The van der Waals surface area contributed by atoms with Crippen LogP contribution in [0.3, 0.4) is 0 Å². The number of amides is 1. The van der Waals surface area contributed by atoms with Crippen molar-refractivity contribution in [2.45, 2.75) is 57.8 Å². The highest BCUT2D eigenvalue weighted by Gasteiger charge is 2.27. The molecule has 1 aliphatic rings. The molecule has 0 radical (unpaired) electrons. The lowest BCUT2D eigenvalue weighted by Gasteiger charge is -2.34. The average molecular weight is 258 g/mol. The smallest absolute Gasteiger partial charge is 0.407 e. The summed E-state index contributed by atoms with van der Waals surface area (Å²) in [4.78, 5) is 11.3. The number of carbonyl (C=O) groups excluding carboxylic acids is 1. The second kappa shape index (κ2) is 6.95. The molecule has 1 rings (SSSR count). The number of methoxy groups -OCH3 is 1. The summed E-state index contributed by atoms with van der Waals surface area (Å²) in [5, 5.41) is 6.18. The van der Waals surface area contributed by atoms with Crippen LogP contribution in [0.1, 0.15) is 40.0 Å². The van der Waals surface area contributed by atoms with E-state index in [1.54, 1.807) is 7.11 Å². The van der Waals surface area contributed by atoms with Crippen molar-refractivity contribution in [3.63, 3.8) is 0 Å². The molecule has 1 saturated carbocycles. The van der Waals surface area contributed by atoms with Crippen LogP contribution < -0.4 is 10.6 Å². The van der Waals surface area contributed by atoms with Crippen molar-refractivity contribution in [3.8, 4) is 0 Å². The second-order valence-electron chi connectivity index (χ2n) is 5.76.